The molecule has 0 aliphatic carbocycles. The van der Waals surface area contributed by atoms with E-state index in [-0.39, 0.29) is 6.10 Å². The molecule has 0 bridgehead atoms. The van der Waals surface area contributed by atoms with Gasteiger partial charge in [-0.2, -0.15) is 0 Å². The van der Waals surface area contributed by atoms with E-state index in [0.29, 0.717) is 6.54 Å². The van der Waals surface area contributed by atoms with E-state index in [9.17, 15) is 0 Å². The first kappa shape index (κ1) is 13.6. The molecule has 1 unspecified atom stereocenters. The first-order valence-electron chi connectivity index (χ1n) is 5.92. The second kappa shape index (κ2) is 7.79. The van der Waals surface area contributed by atoms with Crippen molar-refractivity contribution in [3.05, 3.63) is 11.6 Å². The molecular formula is C12H24N2O2. The van der Waals surface area contributed by atoms with Crippen molar-refractivity contribution in [1.29, 1.82) is 0 Å². The molecule has 4 nitrogen and oxygen atoms in total. The van der Waals surface area contributed by atoms with Crippen LogP contribution in [0.3, 0.4) is 0 Å². The lowest BCUT2D eigenvalue weighted by atomic mass is 10.1. The van der Waals surface area contributed by atoms with Crippen molar-refractivity contribution in [3.8, 4) is 0 Å². The van der Waals surface area contributed by atoms with Crippen LogP contribution in [0, 0.1) is 0 Å². The molecule has 0 saturated heterocycles. The summed E-state index contributed by atoms with van der Waals surface area (Å²) >= 11 is 0. The van der Waals surface area contributed by atoms with Crippen LogP contribution in [0.5, 0.6) is 0 Å². The fourth-order valence-corrected chi connectivity index (χ4v) is 1.93. The molecule has 0 spiro atoms. The standard InChI is InChI=1S/C12H24N2O2/c1-15-10-11-3-6-14(7-4-11)8-5-12(9-13)16-2/h3,12H,4-10,13H2,1-2H3. The lowest BCUT2D eigenvalue weighted by Gasteiger charge is -2.27. The minimum Gasteiger partial charge on any atom is -0.380 e. The van der Waals surface area contributed by atoms with Crippen molar-refractivity contribution in [1.82, 2.24) is 4.90 Å². The summed E-state index contributed by atoms with van der Waals surface area (Å²) < 4.78 is 10.4. The Balaban J connectivity index is 2.21. The maximum Gasteiger partial charge on any atom is 0.0705 e. The van der Waals surface area contributed by atoms with Gasteiger partial charge in [0.15, 0.2) is 0 Å². The Morgan fingerprint density at radius 2 is 2.31 bits per heavy atom. The Morgan fingerprint density at radius 1 is 1.50 bits per heavy atom. The monoisotopic (exact) mass is 228 g/mol. The molecule has 1 aliphatic heterocycles. The Morgan fingerprint density at radius 3 is 2.81 bits per heavy atom. The van der Waals surface area contributed by atoms with Gasteiger partial charge in [-0.3, -0.25) is 4.90 Å². The summed E-state index contributed by atoms with van der Waals surface area (Å²) in [5.74, 6) is 0. The Kier molecular flexibility index (Phi) is 6.64. The maximum absolute atomic E-state index is 5.59. The van der Waals surface area contributed by atoms with E-state index in [2.05, 4.69) is 11.0 Å². The highest BCUT2D eigenvalue weighted by Gasteiger charge is 2.13. The van der Waals surface area contributed by atoms with Gasteiger partial charge in [0.05, 0.1) is 12.7 Å². The molecule has 0 radical (unpaired) electrons. The lowest BCUT2D eigenvalue weighted by molar-refractivity contribution is 0.0901. The largest absolute Gasteiger partial charge is 0.380 e. The van der Waals surface area contributed by atoms with Crippen molar-refractivity contribution >= 4 is 0 Å². The molecule has 94 valence electrons. The van der Waals surface area contributed by atoms with Gasteiger partial charge < -0.3 is 15.2 Å². The third kappa shape index (κ3) is 4.61. The number of hydrogen-bond donors (Lipinski definition) is 1. The molecule has 0 saturated carbocycles. The van der Waals surface area contributed by atoms with E-state index >= 15 is 0 Å². The number of nitrogens with zero attached hydrogens (tertiary/aromatic N) is 1. The van der Waals surface area contributed by atoms with E-state index in [1.54, 1.807) is 14.2 Å². The van der Waals surface area contributed by atoms with Gasteiger partial charge in [-0.1, -0.05) is 6.08 Å². The zero-order valence-corrected chi connectivity index (χ0v) is 10.4. The molecule has 0 amide bonds. The number of hydrogen-bond acceptors (Lipinski definition) is 4. The smallest absolute Gasteiger partial charge is 0.0705 e. The van der Waals surface area contributed by atoms with Gasteiger partial charge in [-0.05, 0) is 18.4 Å². The third-order valence-electron chi connectivity index (χ3n) is 3.08. The minimum absolute atomic E-state index is 0.198. The third-order valence-corrected chi connectivity index (χ3v) is 3.08. The highest BCUT2D eigenvalue weighted by Crippen LogP contribution is 2.11. The molecule has 2 N–H and O–H groups in total. The molecule has 0 fully saturated rings. The summed E-state index contributed by atoms with van der Waals surface area (Å²) in [4.78, 5) is 2.43. The summed E-state index contributed by atoms with van der Waals surface area (Å²) in [6, 6.07) is 0. The average Bonchev–Trinajstić information content (AvgIpc) is 2.33. The van der Waals surface area contributed by atoms with Crippen LogP contribution < -0.4 is 5.73 Å². The van der Waals surface area contributed by atoms with E-state index < -0.39 is 0 Å². The highest BCUT2D eigenvalue weighted by molar-refractivity contribution is 5.07. The molecule has 0 aromatic rings. The van der Waals surface area contributed by atoms with E-state index in [0.717, 1.165) is 39.1 Å². The van der Waals surface area contributed by atoms with Crippen molar-refractivity contribution in [3.63, 3.8) is 0 Å². The second-order valence-electron chi connectivity index (χ2n) is 4.23. The van der Waals surface area contributed by atoms with Gasteiger partial charge in [0.2, 0.25) is 0 Å². The molecule has 4 heteroatoms. The van der Waals surface area contributed by atoms with Crippen molar-refractivity contribution in [2.24, 2.45) is 5.73 Å². The second-order valence-corrected chi connectivity index (χ2v) is 4.23. The maximum atomic E-state index is 5.59. The van der Waals surface area contributed by atoms with Crippen LogP contribution in [-0.4, -0.2) is 58.0 Å². The van der Waals surface area contributed by atoms with Crippen LogP contribution >= 0.6 is 0 Å². The zero-order valence-electron chi connectivity index (χ0n) is 10.4. The van der Waals surface area contributed by atoms with Gasteiger partial charge in [0.1, 0.15) is 0 Å². The number of methoxy groups -OCH3 is 2. The Labute approximate surface area is 98.4 Å². The van der Waals surface area contributed by atoms with Gasteiger partial charge in [0, 0.05) is 40.4 Å². The number of nitrogens with two attached hydrogens (primary N) is 1. The molecule has 16 heavy (non-hydrogen) atoms. The Hall–Kier alpha value is -0.420. The van der Waals surface area contributed by atoms with Crippen LogP contribution in [0.4, 0.5) is 0 Å². The molecule has 1 heterocycles. The average molecular weight is 228 g/mol. The van der Waals surface area contributed by atoms with Crippen LogP contribution in [0.25, 0.3) is 0 Å². The van der Waals surface area contributed by atoms with Crippen LogP contribution in [0.2, 0.25) is 0 Å². The summed E-state index contributed by atoms with van der Waals surface area (Å²) in [5.41, 5.74) is 7.01. The van der Waals surface area contributed by atoms with Crippen LogP contribution in [-0.2, 0) is 9.47 Å². The number of ether oxygens (including phenoxy) is 2. The summed E-state index contributed by atoms with van der Waals surface area (Å²) in [7, 11) is 3.47. The molecule has 1 aliphatic rings. The van der Waals surface area contributed by atoms with Gasteiger partial charge in [-0.25, -0.2) is 0 Å². The number of rotatable bonds is 7. The quantitative estimate of drug-likeness (QED) is 0.649. The van der Waals surface area contributed by atoms with Crippen molar-refractivity contribution in [2.45, 2.75) is 18.9 Å². The first-order chi connectivity index (χ1) is 7.80. The van der Waals surface area contributed by atoms with Gasteiger partial charge in [0.25, 0.3) is 0 Å². The topological polar surface area (TPSA) is 47.7 Å². The molecular weight excluding hydrogens is 204 g/mol. The molecule has 1 rings (SSSR count). The fourth-order valence-electron chi connectivity index (χ4n) is 1.93. The van der Waals surface area contributed by atoms with Crippen LogP contribution in [0.15, 0.2) is 11.6 Å². The minimum atomic E-state index is 0.198. The van der Waals surface area contributed by atoms with Gasteiger partial charge in [-0.15, -0.1) is 0 Å². The summed E-state index contributed by atoms with van der Waals surface area (Å²) in [5, 5.41) is 0. The summed E-state index contributed by atoms with van der Waals surface area (Å²) in [6.45, 7) is 4.59. The van der Waals surface area contributed by atoms with E-state index in [1.165, 1.54) is 5.57 Å². The predicted molar refractivity (Wildman–Crippen MR) is 65.5 cm³/mol. The molecule has 1 atom stereocenters. The first-order valence-corrected chi connectivity index (χ1v) is 5.92. The van der Waals surface area contributed by atoms with Gasteiger partial charge >= 0.3 is 0 Å². The molecule has 0 aromatic heterocycles. The lowest BCUT2D eigenvalue weighted by Crippen LogP contribution is -2.34. The fraction of sp³-hybridized carbons (Fsp3) is 0.833. The Bertz CT molecular complexity index is 215. The van der Waals surface area contributed by atoms with E-state index in [1.807, 2.05) is 0 Å². The van der Waals surface area contributed by atoms with Crippen molar-refractivity contribution in [2.75, 3.05) is 47.0 Å². The normalized spacial score (nSPS) is 19.6. The molecule has 0 aromatic carbocycles. The highest BCUT2D eigenvalue weighted by atomic mass is 16.5. The van der Waals surface area contributed by atoms with E-state index in [4.69, 9.17) is 15.2 Å². The zero-order chi connectivity index (χ0) is 11.8. The predicted octanol–water partition coefficient (Wildman–Crippen LogP) is 0.629. The SMILES string of the molecule is COCC1=CCN(CCC(CN)OC)CC1. The van der Waals surface area contributed by atoms with Crippen molar-refractivity contribution < 1.29 is 9.47 Å². The summed E-state index contributed by atoms with van der Waals surface area (Å²) in [6.07, 6.45) is 4.61. The van der Waals surface area contributed by atoms with Crippen LogP contribution in [0.1, 0.15) is 12.8 Å².